The zero-order valence-electron chi connectivity index (χ0n) is 3.06. The highest BCUT2D eigenvalue weighted by atomic mass is 16.1. The molecule has 0 fully saturated rings. The van der Waals surface area contributed by atoms with Crippen molar-refractivity contribution in [1.82, 2.24) is 0 Å². The monoisotopic (exact) mass is 81.0 g/mol. The van der Waals surface area contributed by atoms with E-state index < -0.39 is 0 Å². The van der Waals surface area contributed by atoms with Crippen LogP contribution in [0.4, 0.5) is 0 Å². The normalized spacial score (nSPS) is 8.67. The van der Waals surface area contributed by atoms with Crippen LogP contribution < -0.4 is 0 Å². The van der Waals surface area contributed by atoms with E-state index in [0.717, 1.165) is 6.08 Å². The quantitative estimate of drug-likeness (QED) is 0.374. The fourth-order valence-corrected chi connectivity index (χ4v) is 0.0757. The molecular formula is C4H3NO. The molecule has 2 heteroatoms. The highest BCUT2D eigenvalue weighted by Crippen LogP contribution is 1.54. The Morgan fingerprint density at radius 3 is 2.33 bits per heavy atom. The zero-order chi connectivity index (χ0) is 4.83. The van der Waals surface area contributed by atoms with Crippen molar-refractivity contribution in [2.45, 2.75) is 0 Å². The van der Waals surface area contributed by atoms with Crippen molar-refractivity contribution >= 4 is 12.5 Å². The first-order valence-corrected chi connectivity index (χ1v) is 1.36. The summed E-state index contributed by atoms with van der Waals surface area (Å²) >= 11 is 0. The van der Waals surface area contributed by atoms with E-state index in [1.807, 2.05) is 6.21 Å². The topological polar surface area (TPSA) is 40.9 Å². The van der Waals surface area contributed by atoms with E-state index in [2.05, 4.69) is 0 Å². The van der Waals surface area contributed by atoms with Crippen LogP contribution in [-0.2, 0) is 4.79 Å². The zero-order valence-corrected chi connectivity index (χ0v) is 3.06. The Hall–Kier alpha value is -0.920. The molecule has 0 atom stereocenters. The molecule has 0 aromatic carbocycles. The SMILES string of the molecule is N=[C]/C=C\[C]=O. The molecule has 0 aromatic heterocycles. The van der Waals surface area contributed by atoms with Crippen molar-refractivity contribution in [2.24, 2.45) is 0 Å². The van der Waals surface area contributed by atoms with E-state index in [9.17, 15) is 4.79 Å². The molecule has 0 amide bonds. The van der Waals surface area contributed by atoms with Crippen molar-refractivity contribution in [3.63, 3.8) is 0 Å². The second-order valence-corrected chi connectivity index (χ2v) is 0.596. The summed E-state index contributed by atoms with van der Waals surface area (Å²) in [4.78, 5) is 9.23. The molecule has 0 aliphatic carbocycles. The van der Waals surface area contributed by atoms with Crippen LogP contribution in [0.3, 0.4) is 0 Å². The Kier molecular flexibility index (Phi) is 3.45. The summed E-state index contributed by atoms with van der Waals surface area (Å²) in [6, 6.07) is 0. The minimum atomic E-state index is 1.08. The maximum atomic E-state index is 9.23. The molecule has 1 N–H and O–H groups in total. The van der Waals surface area contributed by atoms with E-state index in [-0.39, 0.29) is 0 Å². The molecule has 0 aromatic rings. The third kappa shape index (κ3) is 3.08. The van der Waals surface area contributed by atoms with Gasteiger partial charge in [0.2, 0.25) is 6.29 Å². The predicted molar refractivity (Wildman–Crippen MR) is 22.6 cm³/mol. The lowest BCUT2D eigenvalue weighted by atomic mass is 10.6. The Morgan fingerprint density at radius 2 is 2.17 bits per heavy atom. The number of nitrogens with one attached hydrogen (secondary N) is 1. The van der Waals surface area contributed by atoms with E-state index in [1.165, 1.54) is 12.4 Å². The summed E-state index contributed by atoms with van der Waals surface area (Å²) in [6.45, 7) is 0. The molecule has 0 rings (SSSR count). The smallest absolute Gasteiger partial charge is 0.225 e. The predicted octanol–water partition coefficient (Wildman–Crippen LogP) is 0.179. The van der Waals surface area contributed by atoms with Crippen molar-refractivity contribution in [3.05, 3.63) is 12.2 Å². The number of hydrogen-bond acceptors (Lipinski definition) is 2. The average molecular weight is 81.1 g/mol. The first-order chi connectivity index (χ1) is 2.91. The summed E-state index contributed by atoms with van der Waals surface area (Å²) in [5, 5.41) is 6.19. The van der Waals surface area contributed by atoms with Gasteiger partial charge in [0.05, 0.1) is 6.21 Å². The maximum Gasteiger partial charge on any atom is 0.225 e. The molecule has 0 bridgehead atoms. The van der Waals surface area contributed by atoms with Crippen LogP contribution in [0.15, 0.2) is 12.2 Å². The molecular weight excluding hydrogens is 78.0 g/mol. The molecule has 0 spiro atoms. The third-order valence-electron chi connectivity index (χ3n) is 0.235. The second-order valence-electron chi connectivity index (χ2n) is 0.596. The van der Waals surface area contributed by atoms with Crippen LogP contribution >= 0.6 is 0 Å². The van der Waals surface area contributed by atoms with Gasteiger partial charge < -0.3 is 0 Å². The van der Waals surface area contributed by atoms with Gasteiger partial charge in [-0.05, 0) is 12.2 Å². The van der Waals surface area contributed by atoms with E-state index in [0.29, 0.717) is 0 Å². The molecule has 30 valence electrons. The summed E-state index contributed by atoms with van der Waals surface area (Å²) in [5.41, 5.74) is 0. The van der Waals surface area contributed by atoms with Gasteiger partial charge >= 0.3 is 0 Å². The van der Waals surface area contributed by atoms with Crippen molar-refractivity contribution in [2.75, 3.05) is 0 Å². The number of allylic oxidation sites excluding steroid dienone is 2. The Labute approximate surface area is 36.0 Å². The summed E-state index contributed by atoms with van der Waals surface area (Å²) in [7, 11) is 0. The van der Waals surface area contributed by atoms with Gasteiger partial charge in [-0.15, -0.1) is 0 Å². The van der Waals surface area contributed by atoms with Gasteiger partial charge in [0, 0.05) is 0 Å². The highest BCUT2D eigenvalue weighted by molar-refractivity contribution is 5.77. The lowest BCUT2D eigenvalue weighted by molar-refractivity contribution is 0.564. The van der Waals surface area contributed by atoms with Gasteiger partial charge in [0.1, 0.15) is 0 Å². The van der Waals surface area contributed by atoms with Gasteiger partial charge in [0.25, 0.3) is 0 Å². The maximum absolute atomic E-state index is 9.23. The standard InChI is InChI=1S/C4H3NO/c5-3-1-2-4-6/h1-2,5H/b2-1-,5-3?. The molecule has 0 heterocycles. The lowest BCUT2D eigenvalue weighted by Crippen LogP contribution is -1.58. The number of hydrogen-bond donors (Lipinski definition) is 1. The number of carbonyl (C=O) groups excluding carboxylic acids is 1. The molecule has 0 saturated carbocycles. The molecule has 0 saturated heterocycles. The van der Waals surface area contributed by atoms with Crippen molar-refractivity contribution in [1.29, 1.82) is 5.41 Å². The van der Waals surface area contributed by atoms with Crippen LogP contribution in [0.25, 0.3) is 0 Å². The fraction of sp³-hybridized carbons (Fsp3) is 0. The van der Waals surface area contributed by atoms with E-state index in [1.54, 1.807) is 0 Å². The molecule has 0 unspecified atom stereocenters. The molecule has 0 aliphatic heterocycles. The highest BCUT2D eigenvalue weighted by Gasteiger charge is 1.57. The minimum absolute atomic E-state index is 1.08. The van der Waals surface area contributed by atoms with Crippen molar-refractivity contribution < 1.29 is 4.79 Å². The molecule has 2 nitrogen and oxygen atoms in total. The van der Waals surface area contributed by atoms with Gasteiger partial charge in [-0.2, -0.15) is 0 Å². The molecule has 0 aliphatic rings. The largest absolute Gasteiger partial charge is 0.299 e. The summed E-state index contributed by atoms with van der Waals surface area (Å²) in [6.07, 6.45) is 5.58. The minimum Gasteiger partial charge on any atom is -0.299 e. The van der Waals surface area contributed by atoms with E-state index in [4.69, 9.17) is 5.41 Å². The van der Waals surface area contributed by atoms with Gasteiger partial charge in [-0.25, -0.2) is 0 Å². The first kappa shape index (κ1) is 5.08. The average Bonchev–Trinajstić information content (AvgIpc) is 1.61. The summed E-state index contributed by atoms with van der Waals surface area (Å²) in [5.74, 6) is 0. The fourth-order valence-electron chi connectivity index (χ4n) is 0.0757. The van der Waals surface area contributed by atoms with Crippen LogP contribution in [0, 0.1) is 5.41 Å². The van der Waals surface area contributed by atoms with Crippen LogP contribution in [0.5, 0.6) is 0 Å². The van der Waals surface area contributed by atoms with Crippen LogP contribution in [0.2, 0.25) is 0 Å². The molecule has 2 radical (unpaired) electrons. The molecule has 6 heavy (non-hydrogen) atoms. The Balaban J connectivity index is 3.17. The van der Waals surface area contributed by atoms with Crippen LogP contribution in [-0.4, -0.2) is 12.5 Å². The van der Waals surface area contributed by atoms with Crippen LogP contribution in [0.1, 0.15) is 0 Å². The number of rotatable bonds is 2. The Bertz CT molecular complexity index is 65.6. The third-order valence-corrected chi connectivity index (χ3v) is 0.235. The van der Waals surface area contributed by atoms with Gasteiger partial charge in [0.15, 0.2) is 0 Å². The van der Waals surface area contributed by atoms with Crippen molar-refractivity contribution in [3.8, 4) is 0 Å². The first-order valence-electron chi connectivity index (χ1n) is 1.36. The summed E-state index contributed by atoms with van der Waals surface area (Å²) < 4.78 is 0. The lowest BCUT2D eigenvalue weighted by Gasteiger charge is -1.52. The van der Waals surface area contributed by atoms with Gasteiger partial charge in [-0.1, -0.05) is 0 Å². The van der Waals surface area contributed by atoms with E-state index >= 15 is 0 Å². The van der Waals surface area contributed by atoms with Gasteiger partial charge in [-0.3, -0.25) is 10.2 Å². The second kappa shape index (κ2) is 4.08. The Morgan fingerprint density at radius 1 is 1.50 bits per heavy atom.